The standard InChI is InChI=1S/C22H23F3N.C21H21F3N.C20H19F3N.C20H22N.C19H20N/c1-14-11-15(2)16(3)19(12-14)20-8-7-18-6-5-17(9-10-22(23,24)25)13-21(18)26(20)4;1-14-4-5-15(2)18(12-14)19-9-8-17-7-6-16(10-11-21(22,23)24)13-20(17)25(19)3;1-14-5-3-4-6-17(14)18-10-9-16-8-7-15(11-12-20(21,22)23)13-19(16)24(18)2;1-13-9-10-14(2)17(11-13)19-12-16(4)20-15(3)7-6-8-18(20)21(19)5;1-13-8-5-6-10-16(13)18-12-15(3)19-14(2)9-7-11-17(19)20(18)4/h5-8,11-13H,9-10H2,1-4H3;4-9,12-13H,10-11H2,1-3H3;3-10,13H,11-12H2,1-2H3;6-12H,1-5H3;5-12H,1-4H3/q5*+1. The van der Waals surface area contributed by atoms with Gasteiger partial charge >= 0.3 is 18.5 Å². The van der Waals surface area contributed by atoms with Gasteiger partial charge in [0.05, 0.1) is 10.8 Å². The van der Waals surface area contributed by atoms with E-state index in [1.807, 2.05) is 87.9 Å². The molecular weight excluding hydrogens is 1470 g/mol. The zero-order chi connectivity index (χ0) is 84.0. The molecule has 0 radical (unpaired) electrons. The Kier molecular flexibility index (Phi) is 26.4. The lowest BCUT2D eigenvalue weighted by Crippen LogP contribution is -2.32. The summed E-state index contributed by atoms with van der Waals surface area (Å²) in [5, 5.41) is 5.80. The third-order valence-electron chi connectivity index (χ3n) is 22.5. The average molecular weight is 1570 g/mol. The van der Waals surface area contributed by atoms with Crippen LogP contribution in [0.5, 0.6) is 0 Å². The van der Waals surface area contributed by atoms with Crippen LogP contribution in [0.25, 0.3) is 111 Å². The van der Waals surface area contributed by atoms with Gasteiger partial charge in [0, 0.05) is 124 Å². The van der Waals surface area contributed by atoms with Gasteiger partial charge in [0.1, 0.15) is 35.2 Å². The quantitative estimate of drug-likeness (QED) is 0.0908. The van der Waals surface area contributed by atoms with Crippen LogP contribution in [-0.4, -0.2) is 18.5 Å². The maximum absolute atomic E-state index is 12.5. The number of aryl methyl sites for hydroxylation is 20. The van der Waals surface area contributed by atoms with Crippen LogP contribution in [0.1, 0.15) is 108 Å². The summed E-state index contributed by atoms with van der Waals surface area (Å²) in [5.41, 5.74) is 35.8. The first-order valence-electron chi connectivity index (χ1n) is 39.4. The summed E-state index contributed by atoms with van der Waals surface area (Å²) in [5.74, 6) is 0. The van der Waals surface area contributed by atoms with Gasteiger partial charge in [-0.25, -0.2) is 0 Å². The second kappa shape index (κ2) is 35.8. The number of aromatic nitrogens is 5. The number of rotatable bonds is 11. The molecule has 0 N–H and O–H groups in total. The lowest BCUT2D eigenvalue weighted by molar-refractivity contribution is -0.633. The fraction of sp³-hybridized carbons (Fsp3) is 0.265. The Hall–Kier alpha value is -11.4. The topological polar surface area (TPSA) is 19.4 Å². The first-order valence-corrected chi connectivity index (χ1v) is 39.4. The Bertz CT molecular complexity index is 6160. The van der Waals surface area contributed by atoms with Crippen LogP contribution in [0.3, 0.4) is 0 Å². The molecule has 0 aliphatic rings. The van der Waals surface area contributed by atoms with E-state index >= 15 is 0 Å². The summed E-state index contributed by atoms with van der Waals surface area (Å²) in [6, 6.07) is 80.6. The van der Waals surface area contributed by atoms with Crippen molar-refractivity contribution in [1.82, 2.24) is 0 Å². The molecule has 0 saturated heterocycles. The van der Waals surface area contributed by atoms with Gasteiger partial charge in [-0.1, -0.05) is 126 Å². The predicted octanol–water partition coefficient (Wildman–Crippen LogP) is 25.2. The van der Waals surface area contributed by atoms with Crippen LogP contribution in [0.2, 0.25) is 0 Å². The van der Waals surface area contributed by atoms with E-state index < -0.39 is 37.8 Å². The van der Waals surface area contributed by atoms with E-state index in [1.54, 1.807) is 18.2 Å². The Balaban J connectivity index is 0.000000143. The van der Waals surface area contributed by atoms with Crippen molar-refractivity contribution < 1.29 is 62.3 Å². The lowest BCUT2D eigenvalue weighted by atomic mass is 9.96. The van der Waals surface area contributed by atoms with Crippen molar-refractivity contribution in [1.29, 1.82) is 0 Å². The van der Waals surface area contributed by atoms with Gasteiger partial charge in [0.25, 0.3) is 0 Å². The summed E-state index contributed by atoms with van der Waals surface area (Å²) in [4.78, 5) is 0. The van der Waals surface area contributed by atoms with Crippen molar-refractivity contribution in [2.45, 2.75) is 147 Å². The number of hydrogen-bond acceptors (Lipinski definition) is 0. The Labute approximate surface area is 677 Å². The molecule has 10 aromatic carbocycles. The minimum Gasteiger partial charge on any atom is -0.194 e. The van der Waals surface area contributed by atoms with Crippen molar-refractivity contribution in [3.8, 4) is 56.3 Å². The molecule has 0 spiro atoms. The van der Waals surface area contributed by atoms with Crippen LogP contribution < -0.4 is 22.8 Å². The third-order valence-corrected chi connectivity index (χ3v) is 22.5. The second-order valence-electron chi connectivity index (χ2n) is 31.4. The van der Waals surface area contributed by atoms with E-state index in [9.17, 15) is 39.5 Å². The highest BCUT2D eigenvalue weighted by Gasteiger charge is 2.31. The van der Waals surface area contributed by atoms with Gasteiger partial charge < -0.3 is 0 Å². The molecule has 0 amide bonds. The average Bonchev–Trinajstić information content (AvgIpc) is 0.770. The van der Waals surface area contributed by atoms with E-state index in [1.165, 1.54) is 117 Å². The Morgan fingerprint density at radius 2 is 0.526 bits per heavy atom. The Morgan fingerprint density at radius 3 is 0.905 bits per heavy atom. The summed E-state index contributed by atoms with van der Waals surface area (Å²) >= 11 is 0. The number of alkyl halides is 9. The molecule has 5 heterocycles. The molecule has 15 rings (SSSR count). The summed E-state index contributed by atoms with van der Waals surface area (Å²) in [6.45, 7) is 27.8. The fourth-order valence-corrected chi connectivity index (χ4v) is 15.9. The number of hydrogen-bond donors (Lipinski definition) is 0. The van der Waals surface area contributed by atoms with Crippen molar-refractivity contribution in [3.05, 3.63) is 326 Å². The zero-order valence-electron chi connectivity index (χ0n) is 69.9. The van der Waals surface area contributed by atoms with Crippen molar-refractivity contribution >= 4 is 54.5 Å². The number of halogens is 9. The van der Waals surface area contributed by atoms with E-state index in [4.69, 9.17) is 0 Å². The van der Waals surface area contributed by atoms with Crippen LogP contribution >= 0.6 is 0 Å². The fourth-order valence-electron chi connectivity index (χ4n) is 15.9. The van der Waals surface area contributed by atoms with E-state index in [0.717, 1.165) is 66.5 Å². The predicted molar refractivity (Wildman–Crippen MR) is 458 cm³/mol. The minimum absolute atomic E-state index is 0.00620. The molecule has 5 nitrogen and oxygen atoms in total. The van der Waals surface area contributed by atoms with Gasteiger partial charge in [0.2, 0.25) is 56.1 Å². The monoisotopic (exact) mass is 1570 g/mol. The lowest BCUT2D eigenvalue weighted by Gasteiger charge is -2.11. The van der Waals surface area contributed by atoms with E-state index in [0.29, 0.717) is 16.7 Å². The van der Waals surface area contributed by atoms with E-state index in [2.05, 4.69) is 279 Å². The highest BCUT2D eigenvalue weighted by molar-refractivity contribution is 5.87. The zero-order valence-corrected chi connectivity index (χ0v) is 69.9. The van der Waals surface area contributed by atoms with Crippen molar-refractivity contribution in [2.24, 2.45) is 35.2 Å². The molecule has 0 fully saturated rings. The number of fused-ring (bicyclic) bond motifs is 5. The smallest absolute Gasteiger partial charge is 0.194 e. The van der Waals surface area contributed by atoms with Gasteiger partial charge in [-0.2, -0.15) is 62.3 Å². The molecule has 14 heteroatoms. The minimum atomic E-state index is -4.13. The molecule has 0 saturated carbocycles. The molecule has 0 aliphatic heterocycles. The molecule has 596 valence electrons. The molecule has 116 heavy (non-hydrogen) atoms. The summed E-state index contributed by atoms with van der Waals surface area (Å²) in [6.07, 6.45) is -14.7. The molecule has 0 bridgehead atoms. The second-order valence-corrected chi connectivity index (χ2v) is 31.4. The van der Waals surface area contributed by atoms with Crippen LogP contribution in [0.15, 0.2) is 237 Å². The summed E-state index contributed by atoms with van der Waals surface area (Å²) < 4.78 is 123. The SMILES string of the molecule is Cc1cc(C)c(C)c(-c2ccc3ccc(CCC(F)(F)F)cc3[n+]2C)c1.Cc1ccc(C)c(-c2cc(C)c3c(C)cccc3[n+]2C)c1.Cc1ccc(C)c(-c2ccc3ccc(CCC(F)(F)F)cc3[n+]2C)c1.Cc1ccccc1-c1cc(C)c2c(C)cccc2[n+]1C.Cc1ccccc1-c1ccc2ccc(CCC(F)(F)F)cc2[n+]1C. The van der Waals surface area contributed by atoms with Gasteiger partial charge in [-0.3, -0.25) is 0 Å². The van der Waals surface area contributed by atoms with Crippen LogP contribution in [-0.2, 0) is 54.5 Å². The van der Waals surface area contributed by atoms with Crippen LogP contribution in [0.4, 0.5) is 39.5 Å². The summed E-state index contributed by atoms with van der Waals surface area (Å²) in [7, 11) is 10.2. The van der Waals surface area contributed by atoms with Crippen molar-refractivity contribution in [2.75, 3.05) is 0 Å². The van der Waals surface area contributed by atoms with Crippen molar-refractivity contribution in [3.63, 3.8) is 0 Å². The molecule has 15 aromatic rings. The highest BCUT2D eigenvalue weighted by Crippen LogP contribution is 2.34. The first kappa shape index (κ1) is 85.5. The molecule has 0 unspecified atom stereocenters. The number of benzene rings is 10. The highest BCUT2D eigenvalue weighted by atomic mass is 19.4. The maximum atomic E-state index is 12.5. The molecular formula is C102H105F9N5+5. The number of pyridine rings is 5. The van der Waals surface area contributed by atoms with Gasteiger partial charge in [-0.15, -0.1) is 0 Å². The normalized spacial score (nSPS) is 11.6. The maximum Gasteiger partial charge on any atom is 0.389 e. The number of nitrogens with zero attached hydrogens (tertiary/aromatic N) is 5. The third kappa shape index (κ3) is 20.3. The first-order chi connectivity index (χ1) is 54.8. The largest absolute Gasteiger partial charge is 0.389 e. The van der Waals surface area contributed by atoms with Gasteiger partial charge in [0.15, 0.2) is 0 Å². The molecule has 0 atom stereocenters. The molecule has 0 aliphatic carbocycles. The van der Waals surface area contributed by atoms with Crippen LogP contribution in [0, 0.1) is 90.0 Å². The van der Waals surface area contributed by atoms with E-state index in [-0.39, 0.29) is 19.3 Å². The van der Waals surface area contributed by atoms with Gasteiger partial charge in [-0.05, 0) is 248 Å². The molecule has 5 aromatic heterocycles. The Morgan fingerprint density at radius 1 is 0.224 bits per heavy atom.